The van der Waals surface area contributed by atoms with Gasteiger partial charge in [0.15, 0.2) is 0 Å². The van der Waals surface area contributed by atoms with Gasteiger partial charge < -0.3 is 5.32 Å². The van der Waals surface area contributed by atoms with E-state index in [9.17, 15) is 4.39 Å². The van der Waals surface area contributed by atoms with Gasteiger partial charge in [0.1, 0.15) is 5.82 Å². The highest BCUT2D eigenvalue weighted by atomic mass is 79.9. The number of aromatic nitrogens is 3. The van der Waals surface area contributed by atoms with E-state index < -0.39 is 0 Å². The first-order valence-electron chi connectivity index (χ1n) is 5.08. The van der Waals surface area contributed by atoms with Crippen molar-refractivity contribution >= 4 is 15.9 Å². The Morgan fingerprint density at radius 3 is 2.71 bits per heavy atom. The maximum Gasteiger partial charge on any atom is 0.141 e. The molecule has 0 spiro atoms. The summed E-state index contributed by atoms with van der Waals surface area (Å²) in [6.07, 6.45) is 4.55. The maximum absolute atomic E-state index is 13.2. The van der Waals surface area contributed by atoms with Crippen LogP contribution in [-0.2, 0) is 7.05 Å². The van der Waals surface area contributed by atoms with E-state index in [1.807, 2.05) is 14.1 Å². The fraction of sp³-hybridized carbons (Fsp3) is 0.273. The Kier molecular flexibility index (Phi) is 3.54. The minimum atomic E-state index is -0.346. The van der Waals surface area contributed by atoms with Crippen LogP contribution in [0.4, 0.5) is 4.39 Å². The van der Waals surface area contributed by atoms with Crippen molar-refractivity contribution in [3.8, 4) is 0 Å². The Morgan fingerprint density at radius 2 is 2.18 bits per heavy atom. The van der Waals surface area contributed by atoms with Crippen LogP contribution in [0.5, 0.6) is 0 Å². The number of nitrogens with zero attached hydrogens (tertiary/aromatic N) is 3. The van der Waals surface area contributed by atoms with Crippen LogP contribution in [0.25, 0.3) is 0 Å². The SMILES string of the molecule is CNC(c1cncc(F)c1)c1c(Br)cnn1C. The normalized spacial score (nSPS) is 12.7. The summed E-state index contributed by atoms with van der Waals surface area (Å²) < 4.78 is 15.8. The number of nitrogens with one attached hydrogen (secondary N) is 1. The maximum atomic E-state index is 13.2. The number of rotatable bonds is 3. The number of aryl methyl sites for hydroxylation is 1. The van der Waals surface area contributed by atoms with Crippen molar-refractivity contribution in [1.29, 1.82) is 0 Å². The zero-order valence-corrected chi connectivity index (χ0v) is 11.1. The van der Waals surface area contributed by atoms with Crippen LogP contribution in [0.2, 0.25) is 0 Å². The van der Waals surface area contributed by atoms with E-state index in [0.717, 1.165) is 15.7 Å². The van der Waals surface area contributed by atoms with Crippen molar-refractivity contribution in [3.63, 3.8) is 0 Å². The second kappa shape index (κ2) is 4.93. The average Bonchev–Trinajstić information content (AvgIpc) is 2.62. The monoisotopic (exact) mass is 298 g/mol. The molecule has 1 unspecified atom stereocenters. The molecule has 2 heterocycles. The molecule has 0 aromatic carbocycles. The van der Waals surface area contributed by atoms with Crippen molar-refractivity contribution in [3.05, 3.63) is 46.2 Å². The van der Waals surface area contributed by atoms with E-state index in [0.29, 0.717) is 0 Å². The lowest BCUT2D eigenvalue weighted by molar-refractivity contribution is 0.584. The minimum Gasteiger partial charge on any atom is -0.308 e. The quantitative estimate of drug-likeness (QED) is 0.943. The van der Waals surface area contributed by atoms with Crippen molar-refractivity contribution in [2.75, 3.05) is 7.05 Å². The van der Waals surface area contributed by atoms with E-state index in [-0.39, 0.29) is 11.9 Å². The summed E-state index contributed by atoms with van der Waals surface area (Å²) in [6.45, 7) is 0. The van der Waals surface area contributed by atoms with Crippen molar-refractivity contribution in [1.82, 2.24) is 20.1 Å². The summed E-state index contributed by atoms with van der Waals surface area (Å²) in [5, 5.41) is 7.28. The third-order valence-electron chi connectivity index (χ3n) is 2.56. The zero-order chi connectivity index (χ0) is 12.4. The lowest BCUT2D eigenvalue weighted by atomic mass is 10.1. The van der Waals surface area contributed by atoms with E-state index in [4.69, 9.17) is 0 Å². The third kappa shape index (κ3) is 2.37. The Bertz CT molecular complexity index is 506. The highest BCUT2D eigenvalue weighted by Gasteiger charge is 2.19. The second-order valence-corrected chi connectivity index (χ2v) is 4.51. The lowest BCUT2D eigenvalue weighted by Gasteiger charge is -2.17. The molecule has 0 aliphatic rings. The molecule has 90 valence electrons. The van der Waals surface area contributed by atoms with Gasteiger partial charge in [-0.05, 0) is 34.6 Å². The predicted octanol–water partition coefficient (Wildman–Crippen LogP) is 2.03. The van der Waals surface area contributed by atoms with E-state index in [1.165, 1.54) is 12.3 Å². The summed E-state index contributed by atoms with van der Waals surface area (Å²) >= 11 is 3.44. The standard InChI is InChI=1S/C11H12BrFN4/c1-14-10(7-3-8(13)5-15-4-7)11-9(12)6-16-17(11)2/h3-6,10,14H,1-2H3. The van der Waals surface area contributed by atoms with Gasteiger partial charge in [0.05, 0.1) is 28.6 Å². The van der Waals surface area contributed by atoms with Gasteiger partial charge in [0.25, 0.3) is 0 Å². The van der Waals surface area contributed by atoms with Gasteiger partial charge >= 0.3 is 0 Å². The predicted molar refractivity (Wildman–Crippen MR) is 66.0 cm³/mol. The van der Waals surface area contributed by atoms with Gasteiger partial charge in [-0.2, -0.15) is 5.10 Å². The molecular formula is C11H12BrFN4. The van der Waals surface area contributed by atoms with E-state index in [2.05, 4.69) is 31.3 Å². The van der Waals surface area contributed by atoms with Crippen LogP contribution in [0, 0.1) is 5.82 Å². The molecule has 0 bridgehead atoms. The molecule has 2 rings (SSSR count). The smallest absolute Gasteiger partial charge is 0.141 e. The first-order valence-corrected chi connectivity index (χ1v) is 5.88. The first kappa shape index (κ1) is 12.2. The molecule has 0 saturated heterocycles. The fourth-order valence-electron chi connectivity index (χ4n) is 1.79. The molecule has 0 saturated carbocycles. The second-order valence-electron chi connectivity index (χ2n) is 3.66. The fourth-order valence-corrected chi connectivity index (χ4v) is 2.37. The number of hydrogen-bond donors (Lipinski definition) is 1. The lowest BCUT2D eigenvalue weighted by Crippen LogP contribution is -2.21. The summed E-state index contributed by atoms with van der Waals surface area (Å²) in [5.74, 6) is -0.346. The first-order chi connectivity index (χ1) is 8.13. The molecule has 0 amide bonds. The van der Waals surface area contributed by atoms with Crippen molar-refractivity contribution < 1.29 is 4.39 Å². The van der Waals surface area contributed by atoms with Crippen LogP contribution in [-0.4, -0.2) is 21.8 Å². The van der Waals surface area contributed by atoms with E-state index in [1.54, 1.807) is 17.1 Å². The van der Waals surface area contributed by atoms with Crippen LogP contribution in [0.1, 0.15) is 17.3 Å². The van der Waals surface area contributed by atoms with Crippen LogP contribution >= 0.6 is 15.9 Å². The molecule has 1 N–H and O–H groups in total. The number of pyridine rings is 1. The molecule has 2 aromatic heterocycles. The number of hydrogen-bond acceptors (Lipinski definition) is 3. The van der Waals surface area contributed by atoms with Gasteiger partial charge in [-0.15, -0.1) is 0 Å². The Hall–Kier alpha value is -1.27. The molecule has 6 heteroatoms. The van der Waals surface area contributed by atoms with Gasteiger partial charge in [-0.1, -0.05) is 0 Å². The topological polar surface area (TPSA) is 42.7 Å². The van der Waals surface area contributed by atoms with E-state index >= 15 is 0 Å². The molecule has 2 aromatic rings. The molecule has 0 fully saturated rings. The van der Waals surface area contributed by atoms with Gasteiger partial charge in [0.2, 0.25) is 0 Å². The Morgan fingerprint density at radius 1 is 1.41 bits per heavy atom. The molecule has 4 nitrogen and oxygen atoms in total. The zero-order valence-electron chi connectivity index (χ0n) is 9.48. The summed E-state index contributed by atoms with van der Waals surface area (Å²) in [7, 11) is 3.66. The largest absolute Gasteiger partial charge is 0.308 e. The Labute approximate surface area is 107 Å². The molecule has 1 atom stereocenters. The van der Waals surface area contributed by atoms with Crippen LogP contribution in [0.15, 0.2) is 29.1 Å². The molecule has 0 aliphatic heterocycles. The van der Waals surface area contributed by atoms with Gasteiger partial charge in [-0.3, -0.25) is 9.67 Å². The minimum absolute atomic E-state index is 0.153. The van der Waals surface area contributed by atoms with Gasteiger partial charge in [-0.25, -0.2) is 4.39 Å². The third-order valence-corrected chi connectivity index (χ3v) is 3.17. The summed E-state index contributed by atoms with van der Waals surface area (Å²) in [4.78, 5) is 3.86. The summed E-state index contributed by atoms with van der Waals surface area (Å²) in [6, 6.07) is 1.31. The highest BCUT2D eigenvalue weighted by Crippen LogP contribution is 2.27. The summed E-state index contributed by atoms with van der Waals surface area (Å²) in [5.41, 5.74) is 1.69. The average molecular weight is 299 g/mol. The highest BCUT2D eigenvalue weighted by molar-refractivity contribution is 9.10. The molecule has 0 aliphatic carbocycles. The van der Waals surface area contributed by atoms with Gasteiger partial charge in [0, 0.05) is 13.2 Å². The van der Waals surface area contributed by atoms with Crippen LogP contribution < -0.4 is 5.32 Å². The number of halogens is 2. The Balaban J connectivity index is 2.47. The molecule has 17 heavy (non-hydrogen) atoms. The van der Waals surface area contributed by atoms with Crippen LogP contribution in [0.3, 0.4) is 0 Å². The van der Waals surface area contributed by atoms with Crippen molar-refractivity contribution in [2.24, 2.45) is 7.05 Å². The molecular weight excluding hydrogens is 287 g/mol. The van der Waals surface area contributed by atoms with Crippen molar-refractivity contribution in [2.45, 2.75) is 6.04 Å². The molecule has 0 radical (unpaired) electrons.